The molecule has 0 aliphatic carbocycles. The molecule has 10 nitrogen and oxygen atoms in total. The third-order valence-electron chi connectivity index (χ3n) is 6.84. The van der Waals surface area contributed by atoms with Crippen LogP contribution in [0.25, 0.3) is 17.2 Å². The molecule has 0 saturated heterocycles. The quantitative estimate of drug-likeness (QED) is 0.367. The number of carbonyl (C=O) groups excluding carboxylic acids is 1. The van der Waals surface area contributed by atoms with Crippen molar-refractivity contribution >= 4 is 23.2 Å². The minimum absolute atomic E-state index is 0.131. The Kier molecular flexibility index (Phi) is 5.30. The number of nitrogens with zero attached hydrogens (tertiary/aromatic N) is 6. The van der Waals surface area contributed by atoms with Gasteiger partial charge in [0.1, 0.15) is 34.3 Å². The van der Waals surface area contributed by atoms with Gasteiger partial charge in [-0.25, -0.2) is 24.3 Å². The van der Waals surface area contributed by atoms with Crippen LogP contribution in [0, 0.1) is 12.7 Å². The number of carbonyl (C=O) groups is 1. The van der Waals surface area contributed by atoms with Crippen LogP contribution in [0.2, 0.25) is 0 Å². The lowest BCUT2D eigenvalue weighted by Gasteiger charge is -2.23. The van der Waals surface area contributed by atoms with E-state index < -0.39 is 5.41 Å². The number of nitrogens with one attached hydrogen (secondary N) is 1. The minimum atomic E-state index is -1.22. The van der Waals surface area contributed by atoms with E-state index in [9.17, 15) is 9.18 Å². The molecule has 5 heterocycles. The lowest BCUT2D eigenvalue weighted by atomic mass is 9.80. The van der Waals surface area contributed by atoms with Crippen LogP contribution in [-0.2, 0) is 16.6 Å². The van der Waals surface area contributed by atoms with Crippen molar-refractivity contribution in [2.75, 3.05) is 18.2 Å². The molecule has 190 valence electrons. The SMILES string of the molecule is COc1cc(C2(C)C(=O)Nc3nc(-c4cn5ccnc5c(Cc5cccc(F)c5)n4)nc(N)c32)ncc1C. The average Bonchev–Trinajstić information content (AvgIpc) is 3.47. The molecule has 0 saturated carbocycles. The highest BCUT2D eigenvalue weighted by molar-refractivity contribution is 6.08. The number of halogens is 1. The Balaban J connectivity index is 1.46. The van der Waals surface area contributed by atoms with Crippen molar-refractivity contribution in [3.8, 4) is 17.3 Å². The molecule has 4 aromatic heterocycles. The second-order valence-electron chi connectivity index (χ2n) is 9.31. The molecule has 5 aromatic rings. The summed E-state index contributed by atoms with van der Waals surface area (Å²) < 4.78 is 21.0. The second-order valence-corrected chi connectivity index (χ2v) is 9.31. The summed E-state index contributed by atoms with van der Waals surface area (Å²) in [6, 6.07) is 8.06. The molecule has 1 aliphatic rings. The Morgan fingerprint density at radius 1 is 1.18 bits per heavy atom. The summed E-state index contributed by atoms with van der Waals surface area (Å²) in [4.78, 5) is 36.1. The van der Waals surface area contributed by atoms with Crippen LogP contribution < -0.4 is 15.8 Å². The monoisotopic (exact) mass is 510 g/mol. The lowest BCUT2D eigenvalue weighted by molar-refractivity contribution is -0.119. The molecule has 1 atom stereocenters. The van der Waals surface area contributed by atoms with Crippen molar-refractivity contribution < 1.29 is 13.9 Å². The number of benzene rings is 1. The Bertz CT molecular complexity index is 1750. The molecule has 1 aromatic carbocycles. The van der Waals surface area contributed by atoms with Gasteiger partial charge in [-0.1, -0.05) is 12.1 Å². The summed E-state index contributed by atoms with van der Waals surface area (Å²) >= 11 is 0. The van der Waals surface area contributed by atoms with Gasteiger partial charge in [0.15, 0.2) is 11.5 Å². The van der Waals surface area contributed by atoms with E-state index >= 15 is 0 Å². The van der Waals surface area contributed by atoms with Crippen molar-refractivity contribution in [1.29, 1.82) is 0 Å². The number of pyridine rings is 1. The average molecular weight is 511 g/mol. The van der Waals surface area contributed by atoms with E-state index in [2.05, 4.69) is 25.3 Å². The molecule has 1 aliphatic heterocycles. The second kappa shape index (κ2) is 8.58. The van der Waals surface area contributed by atoms with Crippen molar-refractivity contribution in [2.45, 2.75) is 25.7 Å². The fourth-order valence-electron chi connectivity index (χ4n) is 4.83. The first-order chi connectivity index (χ1) is 18.3. The fourth-order valence-corrected chi connectivity index (χ4v) is 4.83. The molecular weight excluding hydrogens is 487 g/mol. The highest BCUT2D eigenvalue weighted by atomic mass is 19.1. The Labute approximate surface area is 216 Å². The van der Waals surface area contributed by atoms with E-state index in [1.807, 2.05) is 13.0 Å². The molecule has 3 N–H and O–H groups in total. The van der Waals surface area contributed by atoms with Gasteiger partial charge in [0.25, 0.3) is 0 Å². The maximum atomic E-state index is 13.8. The number of anilines is 2. The molecule has 0 bridgehead atoms. The van der Waals surface area contributed by atoms with E-state index in [-0.39, 0.29) is 23.4 Å². The first-order valence-electron chi connectivity index (χ1n) is 11.9. The van der Waals surface area contributed by atoms with Crippen LogP contribution >= 0.6 is 0 Å². The summed E-state index contributed by atoms with van der Waals surface area (Å²) in [5, 5.41) is 2.84. The number of aryl methyl sites for hydroxylation is 1. The number of nitrogen functional groups attached to an aromatic ring is 1. The van der Waals surface area contributed by atoms with E-state index in [4.69, 9.17) is 15.5 Å². The van der Waals surface area contributed by atoms with Gasteiger partial charge < -0.3 is 20.2 Å². The highest BCUT2D eigenvalue weighted by Gasteiger charge is 2.49. The number of ether oxygens (including phenoxy) is 1. The lowest BCUT2D eigenvalue weighted by Crippen LogP contribution is -2.34. The normalized spacial score (nSPS) is 16.5. The third-order valence-corrected chi connectivity index (χ3v) is 6.84. The van der Waals surface area contributed by atoms with Crippen LogP contribution in [0.4, 0.5) is 16.0 Å². The van der Waals surface area contributed by atoms with Gasteiger partial charge in [0.05, 0.1) is 24.1 Å². The predicted molar refractivity (Wildman–Crippen MR) is 138 cm³/mol. The standard InChI is InChI=1S/C27H23FN8O2/c1-14-12-31-20(11-19(14)38-3)27(2)21-22(29)33-23(34-24(21)35-26(27)37)18-13-36-8-7-30-25(36)17(32-18)10-15-5-4-6-16(28)9-15/h4-9,11-13H,10H2,1-3H3,(H3,29,33,34,35,37). The van der Waals surface area contributed by atoms with E-state index in [0.717, 1.165) is 11.1 Å². The topological polar surface area (TPSA) is 133 Å². The number of amides is 1. The summed E-state index contributed by atoms with van der Waals surface area (Å²) in [6.45, 7) is 3.61. The summed E-state index contributed by atoms with van der Waals surface area (Å²) in [6.07, 6.45) is 7.17. The zero-order chi connectivity index (χ0) is 26.6. The number of methoxy groups -OCH3 is 1. The van der Waals surface area contributed by atoms with E-state index in [1.54, 1.807) is 55.4 Å². The van der Waals surface area contributed by atoms with Gasteiger partial charge in [-0.05, 0) is 31.5 Å². The maximum absolute atomic E-state index is 13.8. The van der Waals surface area contributed by atoms with Crippen molar-refractivity contribution in [3.63, 3.8) is 0 Å². The van der Waals surface area contributed by atoms with Gasteiger partial charge in [-0.2, -0.15) is 0 Å². The Hall–Kier alpha value is -4.93. The van der Waals surface area contributed by atoms with E-state index in [1.165, 1.54) is 12.1 Å². The van der Waals surface area contributed by atoms with Crippen molar-refractivity contribution in [3.05, 3.63) is 89.0 Å². The summed E-state index contributed by atoms with van der Waals surface area (Å²) in [5.74, 6) is 0.613. The minimum Gasteiger partial charge on any atom is -0.496 e. The van der Waals surface area contributed by atoms with Crippen LogP contribution in [0.15, 0.2) is 55.1 Å². The zero-order valence-corrected chi connectivity index (χ0v) is 20.9. The first-order valence-corrected chi connectivity index (χ1v) is 11.9. The number of rotatable bonds is 5. The van der Waals surface area contributed by atoms with Gasteiger partial charge >= 0.3 is 0 Å². The van der Waals surface area contributed by atoms with Crippen LogP contribution in [0.1, 0.15) is 35.0 Å². The number of imidazole rings is 1. The largest absolute Gasteiger partial charge is 0.496 e. The number of nitrogens with two attached hydrogens (primary N) is 1. The smallest absolute Gasteiger partial charge is 0.242 e. The number of aromatic nitrogens is 6. The summed E-state index contributed by atoms with van der Waals surface area (Å²) in [5.41, 5.74) is 9.41. The van der Waals surface area contributed by atoms with Crippen LogP contribution in [-0.4, -0.2) is 42.3 Å². The number of hydrogen-bond donors (Lipinski definition) is 2. The van der Waals surface area contributed by atoms with E-state index in [0.29, 0.717) is 46.3 Å². The fraction of sp³-hybridized carbons (Fsp3) is 0.185. The Morgan fingerprint density at radius 2 is 2.03 bits per heavy atom. The molecular formula is C27H23FN8O2. The molecule has 1 unspecified atom stereocenters. The van der Waals surface area contributed by atoms with Crippen LogP contribution in [0.5, 0.6) is 5.75 Å². The Morgan fingerprint density at radius 3 is 2.82 bits per heavy atom. The number of fused-ring (bicyclic) bond motifs is 2. The molecule has 11 heteroatoms. The van der Waals surface area contributed by atoms with Gasteiger partial charge in [0, 0.05) is 42.8 Å². The van der Waals surface area contributed by atoms with Gasteiger partial charge in [-0.3, -0.25) is 9.78 Å². The van der Waals surface area contributed by atoms with Gasteiger partial charge in [0.2, 0.25) is 5.91 Å². The number of hydrogen-bond acceptors (Lipinski definition) is 8. The van der Waals surface area contributed by atoms with Crippen molar-refractivity contribution in [2.24, 2.45) is 0 Å². The van der Waals surface area contributed by atoms with Crippen LogP contribution in [0.3, 0.4) is 0 Å². The predicted octanol–water partition coefficient (Wildman–Crippen LogP) is 3.47. The maximum Gasteiger partial charge on any atom is 0.242 e. The molecule has 0 spiro atoms. The highest BCUT2D eigenvalue weighted by Crippen LogP contribution is 2.45. The molecule has 38 heavy (non-hydrogen) atoms. The third kappa shape index (κ3) is 3.62. The van der Waals surface area contributed by atoms with Gasteiger partial charge in [-0.15, -0.1) is 0 Å². The van der Waals surface area contributed by atoms with Crippen molar-refractivity contribution in [1.82, 2.24) is 29.3 Å². The molecule has 1 amide bonds. The molecule has 0 fully saturated rings. The zero-order valence-electron chi connectivity index (χ0n) is 20.9. The summed E-state index contributed by atoms with van der Waals surface area (Å²) in [7, 11) is 1.56. The molecule has 6 rings (SSSR count). The molecule has 0 radical (unpaired) electrons. The first kappa shape index (κ1) is 23.5.